The summed E-state index contributed by atoms with van der Waals surface area (Å²) in [4.78, 5) is 21.0. The van der Waals surface area contributed by atoms with Crippen LogP contribution in [0, 0.1) is 12.3 Å². The van der Waals surface area contributed by atoms with Crippen LogP contribution in [0.3, 0.4) is 0 Å². The van der Waals surface area contributed by atoms with Gasteiger partial charge in [-0.2, -0.15) is 0 Å². The fourth-order valence-corrected chi connectivity index (χ4v) is 0.626. The van der Waals surface area contributed by atoms with Crippen LogP contribution < -0.4 is 11.2 Å². The number of primary amides is 1. The van der Waals surface area contributed by atoms with Crippen LogP contribution in [0.4, 0.5) is 0 Å². The predicted octanol–water partition coefficient (Wildman–Crippen LogP) is -0.402. The van der Waals surface area contributed by atoms with Gasteiger partial charge in [0.15, 0.2) is 0 Å². The highest BCUT2D eigenvalue weighted by atomic mass is 16.5. The van der Waals surface area contributed by atoms with Crippen LogP contribution in [0.1, 0.15) is 19.8 Å². The Balaban J connectivity index is 3.43. The molecule has 0 aromatic heterocycles. The van der Waals surface area contributed by atoms with Crippen LogP contribution in [0.2, 0.25) is 0 Å². The summed E-state index contributed by atoms with van der Waals surface area (Å²) in [5, 5.41) is 8.10. The summed E-state index contributed by atoms with van der Waals surface area (Å²) >= 11 is 0. The highest BCUT2D eigenvalue weighted by molar-refractivity contribution is 5.77. The molecular weight excluding hydrogens is 160 g/mol. The van der Waals surface area contributed by atoms with E-state index in [1.807, 2.05) is 0 Å². The maximum Gasteiger partial charge on any atom is 0.243 e. The molecule has 0 unspecified atom stereocenters. The molecule has 1 atom stereocenters. The molecule has 5 nitrogen and oxygen atoms in total. The summed E-state index contributed by atoms with van der Waals surface area (Å²) in [6.45, 7) is 1.68. The molecule has 69 valence electrons. The summed E-state index contributed by atoms with van der Waals surface area (Å²) in [6, 6.07) is 0. The number of carbonyl (C=O) groups is 2. The third-order valence-electron chi connectivity index (χ3n) is 1.46. The summed E-state index contributed by atoms with van der Waals surface area (Å²) in [7, 11) is 0. The first kappa shape index (κ1) is 10.9. The molecule has 0 fully saturated rings. The lowest BCUT2D eigenvalue weighted by molar-refractivity contribution is -0.128. The van der Waals surface area contributed by atoms with Crippen LogP contribution in [0.15, 0.2) is 0 Å². The number of rotatable bonds is 5. The minimum absolute atomic E-state index is 0.0914. The van der Waals surface area contributed by atoms with Crippen LogP contribution in [0.5, 0.6) is 0 Å². The standard InChI is InChI=1S/C7H13N2O3/c1-5(7(8)11)3-2-4-6(10)9-12/h2,5,12H,3-4H2,1H3,(H2,8,11)(H,9,10)/t5-/m0/s1. The Morgan fingerprint density at radius 2 is 2.25 bits per heavy atom. The zero-order chi connectivity index (χ0) is 9.56. The molecule has 0 aromatic carbocycles. The Kier molecular flexibility index (Phi) is 5.03. The van der Waals surface area contributed by atoms with E-state index >= 15 is 0 Å². The van der Waals surface area contributed by atoms with Gasteiger partial charge in [-0.1, -0.05) is 6.92 Å². The van der Waals surface area contributed by atoms with Gasteiger partial charge in [0.25, 0.3) is 0 Å². The number of hydrogen-bond donors (Lipinski definition) is 3. The Labute approximate surface area is 70.9 Å². The number of carbonyl (C=O) groups excluding carboxylic acids is 2. The van der Waals surface area contributed by atoms with Crippen molar-refractivity contribution in [2.75, 3.05) is 0 Å². The summed E-state index contributed by atoms with van der Waals surface area (Å²) in [5.74, 6) is -1.15. The zero-order valence-electron chi connectivity index (χ0n) is 6.91. The van der Waals surface area contributed by atoms with E-state index in [2.05, 4.69) is 0 Å². The van der Waals surface area contributed by atoms with Gasteiger partial charge < -0.3 is 5.73 Å². The van der Waals surface area contributed by atoms with E-state index in [1.165, 1.54) is 5.48 Å². The number of amides is 2. The average molecular weight is 173 g/mol. The van der Waals surface area contributed by atoms with Crippen LogP contribution in [-0.4, -0.2) is 17.0 Å². The van der Waals surface area contributed by atoms with Crippen LogP contribution in [0.25, 0.3) is 0 Å². The van der Waals surface area contributed by atoms with Gasteiger partial charge in [-0.25, -0.2) is 5.48 Å². The monoisotopic (exact) mass is 173 g/mol. The van der Waals surface area contributed by atoms with Crippen molar-refractivity contribution in [3.63, 3.8) is 0 Å². The fraction of sp³-hybridized carbons (Fsp3) is 0.571. The van der Waals surface area contributed by atoms with Gasteiger partial charge in [0.1, 0.15) is 0 Å². The second-order valence-corrected chi connectivity index (χ2v) is 2.57. The summed E-state index contributed by atoms with van der Waals surface area (Å²) in [5.41, 5.74) is 6.46. The highest BCUT2D eigenvalue weighted by Gasteiger charge is 2.09. The van der Waals surface area contributed by atoms with E-state index in [9.17, 15) is 9.59 Å². The van der Waals surface area contributed by atoms with Gasteiger partial charge in [-0.05, 0) is 12.8 Å². The molecule has 0 aromatic rings. The maximum atomic E-state index is 10.5. The first-order valence-corrected chi connectivity index (χ1v) is 3.61. The van der Waals surface area contributed by atoms with Crippen molar-refractivity contribution in [1.82, 2.24) is 5.48 Å². The molecule has 0 rings (SSSR count). The smallest absolute Gasteiger partial charge is 0.243 e. The predicted molar refractivity (Wildman–Crippen MR) is 41.8 cm³/mol. The quantitative estimate of drug-likeness (QED) is 0.390. The molecule has 1 radical (unpaired) electrons. The minimum atomic E-state index is -0.494. The van der Waals surface area contributed by atoms with Gasteiger partial charge in [0, 0.05) is 12.3 Å². The molecule has 0 aliphatic rings. The maximum absolute atomic E-state index is 10.5. The highest BCUT2D eigenvalue weighted by Crippen LogP contribution is 2.05. The normalized spacial score (nSPS) is 12.2. The Bertz CT molecular complexity index is 170. The third-order valence-corrected chi connectivity index (χ3v) is 1.46. The average Bonchev–Trinajstić information content (AvgIpc) is 2.03. The van der Waals surface area contributed by atoms with Gasteiger partial charge in [-0.15, -0.1) is 0 Å². The van der Waals surface area contributed by atoms with Crippen LogP contribution >= 0.6 is 0 Å². The number of hydroxylamine groups is 1. The molecule has 12 heavy (non-hydrogen) atoms. The lowest BCUT2D eigenvalue weighted by Crippen LogP contribution is -2.22. The number of hydrogen-bond acceptors (Lipinski definition) is 3. The van der Waals surface area contributed by atoms with E-state index in [4.69, 9.17) is 10.9 Å². The van der Waals surface area contributed by atoms with E-state index in [-0.39, 0.29) is 12.3 Å². The van der Waals surface area contributed by atoms with Crippen LogP contribution in [-0.2, 0) is 9.59 Å². The van der Waals surface area contributed by atoms with Crippen molar-refractivity contribution in [3.05, 3.63) is 6.42 Å². The van der Waals surface area contributed by atoms with Crippen molar-refractivity contribution >= 4 is 11.8 Å². The van der Waals surface area contributed by atoms with Crippen molar-refractivity contribution < 1.29 is 14.8 Å². The first-order chi connectivity index (χ1) is 5.57. The third kappa shape index (κ3) is 4.68. The molecule has 0 heterocycles. The molecule has 2 amide bonds. The molecule has 0 aliphatic carbocycles. The largest absolute Gasteiger partial charge is 0.369 e. The lowest BCUT2D eigenvalue weighted by atomic mass is 10.0. The Morgan fingerprint density at radius 1 is 1.67 bits per heavy atom. The second-order valence-electron chi connectivity index (χ2n) is 2.57. The van der Waals surface area contributed by atoms with E-state index in [1.54, 1.807) is 13.3 Å². The summed E-state index contributed by atoms with van der Waals surface area (Å²) in [6.07, 6.45) is 2.14. The van der Waals surface area contributed by atoms with E-state index < -0.39 is 11.8 Å². The SMILES string of the molecule is C[C@@H](C[CH]CC(=O)NO)C(N)=O. The topological polar surface area (TPSA) is 92.4 Å². The lowest BCUT2D eigenvalue weighted by Gasteiger charge is -2.04. The van der Waals surface area contributed by atoms with E-state index in [0.29, 0.717) is 6.42 Å². The fourth-order valence-electron chi connectivity index (χ4n) is 0.626. The van der Waals surface area contributed by atoms with Crippen molar-refractivity contribution in [2.24, 2.45) is 11.7 Å². The molecule has 0 saturated carbocycles. The molecular formula is C7H13N2O3. The van der Waals surface area contributed by atoms with Crippen molar-refractivity contribution in [2.45, 2.75) is 19.8 Å². The first-order valence-electron chi connectivity index (χ1n) is 3.61. The van der Waals surface area contributed by atoms with Gasteiger partial charge in [0.05, 0.1) is 0 Å². The molecule has 0 aliphatic heterocycles. The Morgan fingerprint density at radius 3 is 2.67 bits per heavy atom. The minimum Gasteiger partial charge on any atom is -0.369 e. The van der Waals surface area contributed by atoms with Crippen molar-refractivity contribution in [1.29, 1.82) is 0 Å². The van der Waals surface area contributed by atoms with E-state index in [0.717, 1.165) is 0 Å². The number of nitrogens with two attached hydrogens (primary N) is 1. The van der Waals surface area contributed by atoms with Crippen molar-refractivity contribution in [3.8, 4) is 0 Å². The summed E-state index contributed by atoms with van der Waals surface area (Å²) < 4.78 is 0. The van der Waals surface area contributed by atoms with Gasteiger partial charge in [0.2, 0.25) is 11.8 Å². The molecule has 0 spiro atoms. The zero-order valence-corrected chi connectivity index (χ0v) is 6.91. The second kappa shape index (κ2) is 5.54. The molecule has 0 saturated heterocycles. The Hall–Kier alpha value is -1.10. The molecule has 5 heteroatoms. The molecule has 0 bridgehead atoms. The van der Waals surface area contributed by atoms with Gasteiger partial charge >= 0.3 is 0 Å². The number of nitrogens with one attached hydrogen (secondary N) is 1. The van der Waals surface area contributed by atoms with Gasteiger partial charge in [-0.3, -0.25) is 14.8 Å². The molecule has 4 N–H and O–H groups in total.